The van der Waals surface area contributed by atoms with Gasteiger partial charge in [-0.25, -0.2) is 12.8 Å². The number of hydrogen-bond acceptors (Lipinski definition) is 4. The highest BCUT2D eigenvalue weighted by Gasteiger charge is 2.27. The van der Waals surface area contributed by atoms with Gasteiger partial charge in [0.15, 0.2) is 0 Å². The van der Waals surface area contributed by atoms with Crippen LogP contribution in [0, 0.1) is 19.7 Å². The lowest BCUT2D eigenvalue weighted by atomic mass is 10.1. The topological polar surface area (TPSA) is 77.8 Å². The van der Waals surface area contributed by atoms with E-state index < -0.39 is 15.8 Å². The van der Waals surface area contributed by atoms with Gasteiger partial charge >= 0.3 is 0 Å². The van der Waals surface area contributed by atoms with Crippen molar-refractivity contribution in [3.8, 4) is 0 Å². The number of halogens is 1. The van der Waals surface area contributed by atoms with Crippen LogP contribution in [0.15, 0.2) is 17.0 Å². The molecule has 0 aromatic heterocycles. The van der Waals surface area contributed by atoms with E-state index in [1.54, 1.807) is 0 Å². The summed E-state index contributed by atoms with van der Waals surface area (Å²) in [4.78, 5) is 0.0239. The maximum atomic E-state index is 13.2. The van der Waals surface area contributed by atoms with Crippen molar-refractivity contribution in [3.63, 3.8) is 0 Å². The summed E-state index contributed by atoms with van der Waals surface area (Å²) in [5.41, 5.74) is 0.608. The van der Waals surface area contributed by atoms with Gasteiger partial charge in [-0.1, -0.05) is 0 Å². The zero-order valence-corrected chi connectivity index (χ0v) is 11.7. The molecule has 0 spiro atoms. The molecule has 7 heteroatoms. The van der Waals surface area contributed by atoms with Gasteiger partial charge in [0.1, 0.15) is 5.82 Å². The van der Waals surface area contributed by atoms with Crippen molar-refractivity contribution in [2.24, 2.45) is 0 Å². The predicted octanol–water partition coefficient (Wildman–Crippen LogP) is 0.418. The van der Waals surface area contributed by atoms with Gasteiger partial charge in [-0.05, 0) is 37.1 Å². The minimum Gasteiger partial charge on any atom is -0.395 e. The number of aliphatic hydroxyl groups excluding tert-OH is 2. The molecule has 5 nitrogen and oxygen atoms in total. The molecule has 1 aromatic rings. The second-order valence-corrected chi connectivity index (χ2v) is 6.09. The Balaban J connectivity index is 3.33. The van der Waals surface area contributed by atoms with Crippen molar-refractivity contribution in [1.82, 2.24) is 4.31 Å². The first-order valence-corrected chi connectivity index (χ1v) is 7.27. The van der Waals surface area contributed by atoms with Crippen LogP contribution in [-0.4, -0.2) is 49.2 Å². The number of nitrogens with zero attached hydrogens (tertiary/aromatic N) is 1. The fraction of sp³-hybridized carbons (Fsp3) is 0.500. The van der Waals surface area contributed by atoms with Crippen LogP contribution in [0.2, 0.25) is 0 Å². The minimum atomic E-state index is -3.86. The third-order valence-corrected chi connectivity index (χ3v) is 4.93. The Hall–Kier alpha value is -1.02. The Kier molecular flexibility index (Phi) is 5.42. The molecule has 0 amide bonds. The van der Waals surface area contributed by atoms with E-state index >= 15 is 0 Å². The van der Waals surface area contributed by atoms with Gasteiger partial charge in [-0.15, -0.1) is 0 Å². The van der Waals surface area contributed by atoms with Crippen LogP contribution in [0.25, 0.3) is 0 Å². The molecule has 0 atom stereocenters. The van der Waals surface area contributed by atoms with Gasteiger partial charge in [0.2, 0.25) is 10.0 Å². The van der Waals surface area contributed by atoms with Crippen molar-refractivity contribution >= 4 is 10.0 Å². The van der Waals surface area contributed by atoms with Gasteiger partial charge in [-0.2, -0.15) is 4.31 Å². The quantitative estimate of drug-likeness (QED) is 0.796. The Labute approximate surface area is 112 Å². The summed E-state index contributed by atoms with van der Waals surface area (Å²) < 4.78 is 39.1. The first-order chi connectivity index (χ1) is 8.84. The van der Waals surface area contributed by atoms with Crippen LogP contribution < -0.4 is 0 Å². The van der Waals surface area contributed by atoms with Crippen LogP contribution in [0.4, 0.5) is 4.39 Å². The second-order valence-electron chi connectivity index (χ2n) is 4.22. The van der Waals surface area contributed by atoms with Crippen LogP contribution in [0.5, 0.6) is 0 Å². The van der Waals surface area contributed by atoms with E-state index in [1.807, 2.05) is 0 Å². The molecule has 0 fully saturated rings. The normalized spacial score (nSPS) is 12.1. The van der Waals surface area contributed by atoms with Gasteiger partial charge in [0.05, 0.1) is 18.1 Å². The van der Waals surface area contributed by atoms with Crippen molar-refractivity contribution in [2.75, 3.05) is 26.3 Å². The van der Waals surface area contributed by atoms with Gasteiger partial charge in [0.25, 0.3) is 0 Å². The van der Waals surface area contributed by atoms with E-state index in [2.05, 4.69) is 0 Å². The number of aliphatic hydroxyl groups is 2. The Morgan fingerprint density at radius 2 is 1.53 bits per heavy atom. The highest BCUT2D eigenvalue weighted by molar-refractivity contribution is 7.89. The Morgan fingerprint density at radius 1 is 1.11 bits per heavy atom. The lowest BCUT2D eigenvalue weighted by Crippen LogP contribution is -2.36. The summed E-state index contributed by atoms with van der Waals surface area (Å²) in [6.45, 7) is 2.10. The van der Waals surface area contributed by atoms with Crippen molar-refractivity contribution in [3.05, 3.63) is 29.1 Å². The average Bonchev–Trinajstić information content (AvgIpc) is 2.26. The maximum absolute atomic E-state index is 13.2. The molecule has 0 saturated carbocycles. The molecule has 0 heterocycles. The molecule has 1 aromatic carbocycles. The summed E-state index contributed by atoms with van der Waals surface area (Å²) in [5.74, 6) is -0.496. The number of benzene rings is 1. The van der Waals surface area contributed by atoms with E-state index in [0.717, 1.165) is 16.4 Å². The summed E-state index contributed by atoms with van der Waals surface area (Å²) in [6.07, 6.45) is 0. The minimum absolute atomic E-state index is 0.0239. The number of rotatable bonds is 6. The van der Waals surface area contributed by atoms with E-state index in [1.165, 1.54) is 13.8 Å². The maximum Gasteiger partial charge on any atom is 0.243 e. The molecule has 0 aliphatic heterocycles. The first-order valence-electron chi connectivity index (χ1n) is 5.83. The Bertz CT molecular complexity index is 516. The van der Waals surface area contributed by atoms with Crippen LogP contribution in [0.3, 0.4) is 0 Å². The van der Waals surface area contributed by atoms with E-state index in [0.29, 0.717) is 11.1 Å². The molecule has 0 radical (unpaired) electrons. The molecule has 0 saturated heterocycles. The largest absolute Gasteiger partial charge is 0.395 e. The molecule has 1 rings (SSSR count). The highest BCUT2D eigenvalue weighted by Crippen LogP contribution is 2.24. The van der Waals surface area contributed by atoms with Crippen molar-refractivity contribution in [1.29, 1.82) is 0 Å². The third kappa shape index (κ3) is 3.50. The van der Waals surface area contributed by atoms with Crippen LogP contribution in [0.1, 0.15) is 11.1 Å². The number of hydrogen-bond donors (Lipinski definition) is 2. The highest BCUT2D eigenvalue weighted by atomic mass is 32.2. The summed E-state index contributed by atoms with van der Waals surface area (Å²) in [7, 11) is -3.86. The van der Waals surface area contributed by atoms with E-state index in [4.69, 9.17) is 10.2 Å². The van der Waals surface area contributed by atoms with Crippen LogP contribution in [-0.2, 0) is 10.0 Å². The van der Waals surface area contributed by atoms with E-state index in [-0.39, 0.29) is 31.2 Å². The molecule has 0 aliphatic carbocycles. The second kappa shape index (κ2) is 6.42. The summed E-state index contributed by atoms with van der Waals surface area (Å²) in [5, 5.41) is 17.8. The fourth-order valence-corrected chi connectivity index (χ4v) is 3.84. The average molecular weight is 291 g/mol. The summed E-state index contributed by atoms with van der Waals surface area (Å²) in [6, 6.07) is 2.30. The lowest BCUT2D eigenvalue weighted by molar-refractivity contribution is 0.217. The molecule has 0 bridgehead atoms. The van der Waals surface area contributed by atoms with Crippen molar-refractivity contribution < 1.29 is 23.0 Å². The molecular formula is C12H18FNO4S. The molecule has 2 N–H and O–H groups in total. The molecule has 108 valence electrons. The standard InChI is InChI=1S/C12H18FNO4S/c1-9-7-11(13)8-10(2)12(9)19(17,18)14(3-5-15)4-6-16/h7-8,15-16H,3-6H2,1-2H3. The smallest absolute Gasteiger partial charge is 0.243 e. The number of aryl methyl sites for hydroxylation is 2. The zero-order chi connectivity index (χ0) is 14.6. The van der Waals surface area contributed by atoms with Gasteiger partial charge in [0, 0.05) is 13.1 Å². The predicted molar refractivity (Wildman–Crippen MR) is 68.8 cm³/mol. The SMILES string of the molecule is Cc1cc(F)cc(C)c1S(=O)(=O)N(CCO)CCO. The third-order valence-electron chi connectivity index (χ3n) is 2.72. The first kappa shape index (κ1) is 16.0. The van der Waals surface area contributed by atoms with Crippen LogP contribution >= 0.6 is 0 Å². The van der Waals surface area contributed by atoms with Gasteiger partial charge < -0.3 is 10.2 Å². The summed E-state index contributed by atoms with van der Waals surface area (Å²) >= 11 is 0. The molecule has 0 unspecified atom stereocenters. The molecular weight excluding hydrogens is 273 g/mol. The zero-order valence-electron chi connectivity index (χ0n) is 10.9. The molecule has 0 aliphatic rings. The number of sulfonamides is 1. The van der Waals surface area contributed by atoms with Gasteiger partial charge in [-0.3, -0.25) is 0 Å². The van der Waals surface area contributed by atoms with Crippen molar-refractivity contribution in [2.45, 2.75) is 18.7 Å². The molecule has 19 heavy (non-hydrogen) atoms. The lowest BCUT2D eigenvalue weighted by Gasteiger charge is -2.22. The monoisotopic (exact) mass is 291 g/mol. The fourth-order valence-electron chi connectivity index (χ4n) is 2.01. The Morgan fingerprint density at radius 3 is 1.89 bits per heavy atom. The van der Waals surface area contributed by atoms with E-state index in [9.17, 15) is 12.8 Å².